The first-order valence-corrected chi connectivity index (χ1v) is 12.5. The fourth-order valence-electron chi connectivity index (χ4n) is 3.81. The molecule has 2 saturated heterocycles. The highest BCUT2D eigenvalue weighted by molar-refractivity contribution is 8.18. The summed E-state index contributed by atoms with van der Waals surface area (Å²) in [4.78, 5) is 40.8. The Morgan fingerprint density at radius 3 is 2.51 bits per heavy atom. The van der Waals surface area contributed by atoms with Crippen molar-refractivity contribution >= 4 is 34.9 Å². The number of hydrogen-bond acceptors (Lipinski definition) is 7. The van der Waals surface area contributed by atoms with E-state index >= 15 is 0 Å². The van der Waals surface area contributed by atoms with Gasteiger partial charge in [0.05, 0.1) is 18.1 Å². The first-order chi connectivity index (χ1) is 17.0. The maximum absolute atomic E-state index is 12.8. The summed E-state index contributed by atoms with van der Waals surface area (Å²) in [6.45, 7) is 4.14. The lowest BCUT2D eigenvalue weighted by atomic mass is 10.2. The van der Waals surface area contributed by atoms with E-state index in [1.165, 1.54) is 4.90 Å². The second kappa shape index (κ2) is 11.8. The molecule has 0 aromatic heterocycles. The van der Waals surface area contributed by atoms with Gasteiger partial charge in [-0.3, -0.25) is 19.3 Å². The summed E-state index contributed by atoms with van der Waals surface area (Å²) in [5.41, 5.74) is 0.692. The molecule has 2 aliphatic rings. The lowest BCUT2D eigenvalue weighted by molar-refractivity contribution is -0.132. The molecule has 8 nitrogen and oxygen atoms in total. The molecule has 3 amide bonds. The Morgan fingerprint density at radius 2 is 1.77 bits per heavy atom. The van der Waals surface area contributed by atoms with Gasteiger partial charge in [0.15, 0.2) is 18.1 Å². The van der Waals surface area contributed by atoms with Crippen molar-refractivity contribution < 1.29 is 28.6 Å². The van der Waals surface area contributed by atoms with E-state index in [0.717, 1.165) is 37.7 Å². The Kier molecular flexibility index (Phi) is 8.31. The molecular formula is C26H28N2O6S. The highest BCUT2D eigenvalue weighted by Crippen LogP contribution is 2.34. The SMILES string of the molecule is CCOc1cc(/C=C2\SC(=O)N(CCOc3ccccc3)C2=O)ccc1OCC(=O)N1CCCC1. The predicted molar refractivity (Wildman–Crippen MR) is 134 cm³/mol. The zero-order valence-electron chi connectivity index (χ0n) is 19.6. The number of nitrogens with zero attached hydrogens (tertiary/aromatic N) is 2. The number of carbonyl (C=O) groups excluding carboxylic acids is 3. The van der Waals surface area contributed by atoms with Crippen LogP contribution in [0.25, 0.3) is 6.08 Å². The molecule has 0 radical (unpaired) electrons. The number of amides is 3. The maximum Gasteiger partial charge on any atom is 0.293 e. The zero-order chi connectivity index (χ0) is 24.6. The zero-order valence-corrected chi connectivity index (χ0v) is 20.4. The molecule has 2 aromatic rings. The normalized spacial score (nSPS) is 16.8. The molecule has 0 unspecified atom stereocenters. The van der Waals surface area contributed by atoms with Crippen molar-refractivity contribution in [2.24, 2.45) is 0 Å². The van der Waals surface area contributed by atoms with Crippen molar-refractivity contribution in [3.05, 3.63) is 59.0 Å². The van der Waals surface area contributed by atoms with E-state index in [-0.39, 0.29) is 36.8 Å². The van der Waals surface area contributed by atoms with Crippen molar-refractivity contribution in [3.8, 4) is 17.2 Å². The first kappa shape index (κ1) is 24.7. The first-order valence-electron chi connectivity index (χ1n) is 11.7. The molecule has 0 saturated carbocycles. The van der Waals surface area contributed by atoms with Gasteiger partial charge in [-0.05, 0) is 67.4 Å². The largest absolute Gasteiger partial charge is 0.492 e. The van der Waals surface area contributed by atoms with Gasteiger partial charge in [-0.25, -0.2) is 0 Å². The molecular weight excluding hydrogens is 468 g/mol. The molecule has 9 heteroatoms. The number of hydrogen-bond donors (Lipinski definition) is 0. The van der Waals surface area contributed by atoms with Crippen molar-refractivity contribution in [2.75, 3.05) is 39.5 Å². The summed E-state index contributed by atoms with van der Waals surface area (Å²) in [5.74, 6) is 1.22. The van der Waals surface area contributed by atoms with Gasteiger partial charge >= 0.3 is 0 Å². The van der Waals surface area contributed by atoms with E-state index in [9.17, 15) is 14.4 Å². The highest BCUT2D eigenvalue weighted by Gasteiger charge is 2.34. The number of ether oxygens (including phenoxy) is 3. The van der Waals surface area contributed by atoms with Crippen LogP contribution in [0.4, 0.5) is 4.79 Å². The highest BCUT2D eigenvalue weighted by atomic mass is 32.2. The van der Waals surface area contributed by atoms with Gasteiger partial charge in [0, 0.05) is 13.1 Å². The number of rotatable bonds is 10. The maximum atomic E-state index is 12.8. The Bertz CT molecular complexity index is 1100. The van der Waals surface area contributed by atoms with Gasteiger partial charge in [0.1, 0.15) is 12.4 Å². The van der Waals surface area contributed by atoms with E-state index in [1.807, 2.05) is 37.3 Å². The molecule has 0 aliphatic carbocycles. The minimum absolute atomic E-state index is 0.0426. The molecule has 2 heterocycles. The van der Waals surface area contributed by atoms with Crippen LogP contribution >= 0.6 is 11.8 Å². The van der Waals surface area contributed by atoms with Crippen molar-refractivity contribution in [1.82, 2.24) is 9.80 Å². The van der Waals surface area contributed by atoms with Crippen molar-refractivity contribution in [2.45, 2.75) is 19.8 Å². The van der Waals surface area contributed by atoms with Gasteiger partial charge in [-0.2, -0.15) is 0 Å². The number of para-hydroxylation sites is 1. The molecule has 184 valence electrons. The van der Waals surface area contributed by atoms with E-state index in [0.29, 0.717) is 34.3 Å². The van der Waals surface area contributed by atoms with Gasteiger partial charge < -0.3 is 19.1 Å². The minimum atomic E-state index is -0.355. The van der Waals surface area contributed by atoms with Crippen LogP contribution in [0.15, 0.2) is 53.4 Å². The Labute approximate surface area is 208 Å². The lowest BCUT2D eigenvalue weighted by Gasteiger charge is -2.17. The van der Waals surface area contributed by atoms with Gasteiger partial charge in [-0.15, -0.1) is 0 Å². The third kappa shape index (κ3) is 6.36. The summed E-state index contributed by atoms with van der Waals surface area (Å²) in [5, 5.41) is -0.330. The van der Waals surface area contributed by atoms with Crippen LogP contribution in [0.1, 0.15) is 25.3 Å². The minimum Gasteiger partial charge on any atom is -0.492 e. The van der Waals surface area contributed by atoms with E-state index < -0.39 is 0 Å². The lowest BCUT2D eigenvalue weighted by Crippen LogP contribution is -2.32. The molecule has 0 spiro atoms. The van der Waals surface area contributed by atoms with Crippen LogP contribution in [-0.2, 0) is 9.59 Å². The molecule has 2 fully saturated rings. The third-order valence-corrected chi connectivity index (χ3v) is 6.48. The number of benzene rings is 2. The quantitative estimate of drug-likeness (QED) is 0.456. The number of thioether (sulfide) groups is 1. The molecule has 35 heavy (non-hydrogen) atoms. The number of carbonyl (C=O) groups is 3. The second-order valence-corrected chi connectivity index (χ2v) is 9.00. The van der Waals surface area contributed by atoms with Crippen molar-refractivity contribution in [3.63, 3.8) is 0 Å². The summed E-state index contributed by atoms with van der Waals surface area (Å²) in [6, 6.07) is 14.5. The standard InChI is InChI=1S/C26H28N2O6S/c1-2-32-22-16-19(10-11-21(22)34-18-24(29)27-12-6-7-13-27)17-23-25(30)28(26(31)35-23)14-15-33-20-8-4-3-5-9-20/h3-5,8-11,16-17H,2,6-7,12-15,18H2,1H3/b23-17-. The summed E-state index contributed by atoms with van der Waals surface area (Å²) in [6.07, 6.45) is 3.71. The van der Waals surface area contributed by atoms with Crippen molar-refractivity contribution in [1.29, 1.82) is 0 Å². The summed E-state index contributed by atoms with van der Waals surface area (Å²) >= 11 is 0.895. The average molecular weight is 497 g/mol. The van der Waals surface area contributed by atoms with Crippen LogP contribution in [0.2, 0.25) is 0 Å². The molecule has 4 rings (SSSR count). The van der Waals surface area contributed by atoms with E-state index in [1.54, 1.807) is 29.2 Å². The third-order valence-electron chi connectivity index (χ3n) is 5.58. The van der Waals surface area contributed by atoms with Gasteiger partial charge in [-0.1, -0.05) is 24.3 Å². The molecule has 2 aliphatic heterocycles. The monoisotopic (exact) mass is 496 g/mol. The van der Waals surface area contributed by atoms with Crippen LogP contribution in [0.5, 0.6) is 17.2 Å². The number of likely N-dealkylation sites (tertiary alicyclic amines) is 1. The molecule has 0 bridgehead atoms. The topological polar surface area (TPSA) is 85.4 Å². The fourth-order valence-corrected chi connectivity index (χ4v) is 4.68. The van der Waals surface area contributed by atoms with E-state index in [4.69, 9.17) is 14.2 Å². The number of imide groups is 1. The van der Waals surface area contributed by atoms with Gasteiger partial charge in [0.2, 0.25) is 0 Å². The molecule has 0 N–H and O–H groups in total. The van der Waals surface area contributed by atoms with E-state index in [2.05, 4.69) is 0 Å². The van der Waals surface area contributed by atoms with Crippen LogP contribution in [0, 0.1) is 0 Å². The smallest absolute Gasteiger partial charge is 0.293 e. The van der Waals surface area contributed by atoms with Crippen LogP contribution in [-0.4, -0.2) is 66.3 Å². The Morgan fingerprint density at radius 1 is 1.00 bits per heavy atom. The Balaban J connectivity index is 1.39. The Hall–Kier alpha value is -3.46. The van der Waals surface area contributed by atoms with Gasteiger partial charge in [0.25, 0.3) is 17.1 Å². The fraction of sp³-hybridized carbons (Fsp3) is 0.346. The summed E-state index contributed by atoms with van der Waals surface area (Å²) < 4.78 is 17.1. The van der Waals surface area contributed by atoms with Crippen LogP contribution < -0.4 is 14.2 Å². The molecule has 2 aromatic carbocycles. The average Bonchev–Trinajstić information content (AvgIpc) is 3.49. The summed E-state index contributed by atoms with van der Waals surface area (Å²) in [7, 11) is 0. The molecule has 0 atom stereocenters. The predicted octanol–water partition coefficient (Wildman–Crippen LogP) is 4.20. The van der Waals surface area contributed by atoms with Crippen LogP contribution in [0.3, 0.4) is 0 Å². The second-order valence-electron chi connectivity index (χ2n) is 8.01.